The molecule has 28 heavy (non-hydrogen) atoms. The van der Waals surface area contributed by atoms with E-state index in [0.29, 0.717) is 26.2 Å². The molecule has 6 nitrogen and oxygen atoms in total. The number of likely N-dealkylation sites (N-methyl/N-ethyl adjacent to an activating group) is 1. The molecule has 8 heteroatoms. The van der Waals surface area contributed by atoms with Gasteiger partial charge in [-0.3, -0.25) is 9.69 Å². The largest absolute Gasteiger partial charge is 0.347 e. The van der Waals surface area contributed by atoms with E-state index in [9.17, 15) is 13.2 Å². The van der Waals surface area contributed by atoms with E-state index in [2.05, 4.69) is 0 Å². The summed E-state index contributed by atoms with van der Waals surface area (Å²) in [5.74, 6) is -0.0198. The average molecular weight is 422 g/mol. The third-order valence-corrected chi connectivity index (χ3v) is 7.28. The van der Waals surface area contributed by atoms with E-state index in [1.54, 1.807) is 37.2 Å². The van der Waals surface area contributed by atoms with E-state index >= 15 is 0 Å². The molecule has 2 aromatic rings. The van der Waals surface area contributed by atoms with Crippen LogP contribution in [0.1, 0.15) is 11.6 Å². The van der Waals surface area contributed by atoms with Crippen molar-refractivity contribution < 1.29 is 13.2 Å². The maximum Gasteiger partial charge on any atom is 0.244 e. The van der Waals surface area contributed by atoms with E-state index in [0.717, 1.165) is 5.56 Å². The molecule has 2 aromatic carbocycles. The van der Waals surface area contributed by atoms with Gasteiger partial charge < -0.3 is 4.90 Å². The molecule has 0 radical (unpaired) electrons. The van der Waals surface area contributed by atoms with Crippen molar-refractivity contribution >= 4 is 27.5 Å². The SMILES string of the molecule is CN(C)C(=O)[C@@H](c1ccccc1)N1CCN(S(=O)(=O)c2ccccc2Cl)CC1. The van der Waals surface area contributed by atoms with Crippen molar-refractivity contribution in [3.05, 3.63) is 65.2 Å². The highest BCUT2D eigenvalue weighted by atomic mass is 35.5. The van der Waals surface area contributed by atoms with E-state index in [4.69, 9.17) is 11.6 Å². The summed E-state index contributed by atoms with van der Waals surface area (Å²) in [6.07, 6.45) is 0. The van der Waals surface area contributed by atoms with Crippen LogP contribution in [-0.4, -0.2) is 68.7 Å². The van der Waals surface area contributed by atoms with Crippen LogP contribution in [0.3, 0.4) is 0 Å². The van der Waals surface area contributed by atoms with Gasteiger partial charge in [0.2, 0.25) is 15.9 Å². The van der Waals surface area contributed by atoms with Gasteiger partial charge in [-0.25, -0.2) is 8.42 Å². The van der Waals surface area contributed by atoms with Gasteiger partial charge in [0.1, 0.15) is 10.9 Å². The first-order valence-corrected chi connectivity index (χ1v) is 10.9. The lowest BCUT2D eigenvalue weighted by molar-refractivity contribution is -0.135. The smallest absolute Gasteiger partial charge is 0.244 e. The molecule has 1 heterocycles. The summed E-state index contributed by atoms with van der Waals surface area (Å²) in [6, 6.07) is 15.6. The molecule has 1 atom stereocenters. The number of benzene rings is 2. The van der Waals surface area contributed by atoms with Crippen LogP contribution in [0.25, 0.3) is 0 Å². The van der Waals surface area contributed by atoms with E-state index in [1.165, 1.54) is 10.4 Å². The molecule has 150 valence electrons. The third kappa shape index (κ3) is 4.22. The van der Waals surface area contributed by atoms with Crippen LogP contribution in [0.4, 0.5) is 0 Å². The predicted molar refractivity (Wildman–Crippen MR) is 110 cm³/mol. The zero-order valence-corrected chi connectivity index (χ0v) is 17.5. The molecule has 0 spiro atoms. The molecule has 0 N–H and O–H groups in total. The number of hydrogen-bond donors (Lipinski definition) is 0. The van der Waals surface area contributed by atoms with Gasteiger partial charge in [0.05, 0.1) is 5.02 Å². The van der Waals surface area contributed by atoms with Gasteiger partial charge in [-0.1, -0.05) is 54.1 Å². The summed E-state index contributed by atoms with van der Waals surface area (Å²) in [5, 5.41) is 0.217. The van der Waals surface area contributed by atoms with Crippen LogP contribution < -0.4 is 0 Å². The number of carbonyl (C=O) groups excluding carboxylic acids is 1. The Labute approximate surface area is 171 Å². The molecular weight excluding hydrogens is 398 g/mol. The normalized spacial score (nSPS) is 17.2. The molecule has 1 aliphatic heterocycles. The van der Waals surface area contributed by atoms with E-state index in [1.807, 2.05) is 35.2 Å². The highest BCUT2D eigenvalue weighted by Crippen LogP contribution is 2.28. The number of halogens is 1. The number of carbonyl (C=O) groups is 1. The first-order chi connectivity index (χ1) is 13.3. The number of amides is 1. The fourth-order valence-electron chi connectivity index (χ4n) is 3.38. The van der Waals surface area contributed by atoms with Gasteiger partial charge in [0.25, 0.3) is 0 Å². The highest BCUT2D eigenvalue weighted by Gasteiger charge is 2.35. The lowest BCUT2D eigenvalue weighted by atomic mass is 10.0. The van der Waals surface area contributed by atoms with Crippen molar-refractivity contribution in [1.29, 1.82) is 0 Å². The van der Waals surface area contributed by atoms with Crippen LogP contribution in [0.2, 0.25) is 5.02 Å². The van der Waals surface area contributed by atoms with Gasteiger partial charge in [0, 0.05) is 40.3 Å². The van der Waals surface area contributed by atoms with Crippen molar-refractivity contribution in [3.63, 3.8) is 0 Å². The Hall–Kier alpha value is -1.93. The van der Waals surface area contributed by atoms with E-state index in [-0.39, 0.29) is 15.8 Å². The summed E-state index contributed by atoms with van der Waals surface area (Å²) >= 11 is 6.10. The fraction of sp³-hybridized carbons (Fsp3) is 0.350. The van der Waals surface area contributed by atoms with Crippen LogP contribution in [0.15, 0.2) is 59.5 Å². The minimum absolute atomic E-state index is 0.0198. The van der Waals surface area contributed by atoms with Crippen molar-refractivity contribution in [1.82, 2.24) is 14.1 Å². The van der Waals surface area contributed by atoms with Crippen LogP contribution in [-0.2, 0) is 14.8 Å². The van der Waals surface area contributed by atoms with Crippen molar-refractivity contribution in [3.8, 4) is 0 Å². The Morgan fingerprint density at radius 2 is 1.54 bits per heavy atom. The molecule has 0 aromatic heterocycles. The van der Waals surface area contributed by atoms with Crippen LogP contribution >= 0.6 is 11.6 Å². The number of rotatable bonds is 5. The second-order valence-corrected chi connectivity index (χ2v) is 9.23. The van der Waals surface area contributed by atoms with Crippen LogP contribution in [0, 0.1) is 0 Å². The molecule has 0 unspecified atom stereocenters. The summed E-state index contributed by atoms with van der Waals surface area (Å²) in [6.45, 7) is 1.53. The Bertz CT molecular complexity index is 927. The molecule has 1 saturated heterocycles. The van der Waals surface area contributed by atoms with Crippen LogP contribution in [0.5, 0.6) is 0 Å². The number of piperazine rings is 1. The zero-order chi connectivity index (χ0) is 20.3. The summed E-state index contributed by atoms with van der Waals surface area (Å²) < 4.78 is 27.3. The fourth-order valence-corrected chi connectivity index (χ4v) is 5.30. The molecule has 0 bridgehead atoms. The van der Waals surface area contributed by atoms with Gasteiger partial charge in [-0.05, 0) is 17.7 Å². The Morgan fingerprint density at radius 3 is 2.11 bits per heavy atom. The van der Waals surface area contributed by atoms with Crippen molar-refractivity contribution in [2.24, 2.45) is 0 Å². The summed E-state index contributed by atoms with van der Waals surface area (Å²) in [7, 11) is -0.199. The zero-order valence-electron chi connectivity index (χ0n) is 16.0. The molecule has 0 saturated carbocycles. The second kappa shape index (κ2) is 8.61. The first kappa shape index (κ1) is 20.8. The predicted octanol–water partition coefficient (Wildman–Crippen LogP) is 2.48. The van der Waals surface area contributed by atoms with Gasteiger partial charge in [-0.15, -0.1) is 0 Å². The molecule has 0 aliphatic carbocycles. The Balaban J connectivity index is 1.79. The number of sulfonamides is 1. The Kier molecular flexibility index (Phi) is 6.40. The second-order valence-electron chi connectivity index (χ2n) is 6.92. The molecule has 1 fully saturated rings. The third-order valence-electron chi connectivity index (χ3n) is 4.88. The Morgan fingerprint density at radius 1 is 0.964 bits per heavy atom. The minimum atomic E-state index is -3.66. The monoisotopic (exact) mass is 421 g/mol. The van der Waals surface area contributed by atoms with Gasteiger partial charge in [-0.2, -0.15) is 4.31 Å². The van der Waals surface area contributed by atoms with Crippen molar-refractivity contribution in [2.45, 2.75) is 10.9 Å². The standard InChI is InChI=1S/C20H24ClN3O3S/c1-22(2)20(25)19(16-8-4-3-5-9-16)23-12-14-24(15-13-23)28(26,27)18-11-7-6-10-17(18)21/h3-11,19H,12-15H2,1-2H3/t19-/m1/s1. The number of nitrogens with zero attached hydrogens (tertiary/aromatic N) is 3. The summed E-state index contributed by atoms with van der Waals surface area (Å²) in [5.41, 5.74) is 0.906. The lowest BCUT2D eigenvalue weighted by Crippen LogP contribution is -2.52. The summed E-state index contributed by atoms with van der Waals surface area (Å²) in [4.78, 5) is 16.6. The average Bonchev–Trinajstić information content (AvgIpc) is 2.69. The first-order valence-electron chi connectivity index (χ1n) is 9.07. The van der Waals surface area contributed by atoms with Gasteiger partial charge in [0.15, 0.2) is 0 Å². The lowest BCUT2D eigenvalue weighted by Gasteiger charge is -2.39. The molecule has 3 rings (SSSR count). The van der Waals surface area contributed by atoms with Gasteiger partial charge >= 0.3 is 0 Å². The van der Waals surface area contributed by atoms with E-state index < -0.39 is 16.1 Å². The quantitative estimate of drug-likeness (QED) is 0.744. The maximum atomic E-state index is 12.9. The molecule has 1 aliphatic rings. The minimum Gasteiger partial charge on any atom is -0.347 e. The highest BCUT2D eigenvalue weighted by molar-refractivity contribution is 7.89. The van der Waals surface area contributed by atoms with Crippen molar-refractivity contribution in [2.75, 3.05) is 40.3 Å². The topological polar surface area (TPSA) is 60.9 Å². The number of hydrogen-bond acceptors (Lipinski definition) is 4. The molecular formula is C20H24ClN3O3S. The maximum absolute atomic E-state index is 12.9. The molecule has 1 amide bonds.